The maximum absolute atomic E-state index is 14.4. The van der Waals surface area contributed by atoms with Gasteiger partial charge in [-0.2, -0.15) is 0 Å². The average Bonchev–Trinajstić information content (AvgIpc) is 3.29. The zero-order valence-electron chi connectivity index (χ0n) is 35.5. The van der Waals surface area contributed by atoms with Gasteiger partial charge >= 0.3 is 5.97 Å². The van der Waals surface area contributed by atoms with E-state index in [4.69, 9.17) is 4.74 Å². The van der Waals surface area contributed by atoms with E-state index in [1.807, 2.05) is 166 Å². The molecule has 0 radical (unpaired) electrons. The Morgan fingerprint density at radius 2 is 1.11 bits per heavy atom. The van der Waals surface area contributed by atoms with Crippen molar-refractivity contribution in [2.24, 2.45) is 5.92 Å². The molecule has 5 aromatic rings. The number of hydrogen-bond acceptors (Lipinski definition) is 7. The fourth-order valence-corrected chi connectivity index (χ4v) is 7.88. The Kier molecular flexibility index (Phi) is 18.1. The van der Waals surface area contributed by atoms with Gasteiger partial charge in [0.15, 0.2) is 0 Å². The molecular weight excluding hydrogens is 797 g/mol. The van der Waals surface area contributed by atoms with Gasteiger partial charge in [-0.05, 0) is 53.5 Å². The molecule has 0 heterocycles. The van der Waals surface area contributed by atoms with E-state index >= 15 is 0 Å². The van der Waals surface area contributed by atoms with Gasteiger partial charge in [-0.1, -0.05) is 183 Å². The summed E-state index contributed by atoms with van der Waals surface area (Å²) in [7, 11) is 0. The molecule has 3 atom stereocenters. The molecule has 4 N–H and O–H groups in total. The van der Waals surface area contributed by atoms with Crippen LogP contribution in [0.4, 0.5) is 4.79 Å². The van der Waals surface area contributed by atoms with Gasteiger partial charge in [0.1, 0.15) is 17.6 Å². The van der Waals surface area contributed by atoms with Crippen LogP contribution in [0.3, 0.4) is 0 Å². The fraction of sp³-hybridized carbons (Fsp3) is 0.275. The first kappa shape index (κ1) is 46.6. The van der Waals surface area contributed by atoms with Crippen molar-refractivity contribution in [3.8, 4) is 0 Å². The van der Waals surface area contributed by atoms with Crippen LogP contribution < -0.4 is 21.3 Å². The first-order valence-corrected chi connectivity index (χ1v) is 22.0. The molecule has 0 aliphatic heterocycles. The number of esters is 1. The Balaban J connectivity index is 1.38. The highest BCUT2D eigenvalue weighted by Crippen LogP contribution is 2.37. The van der Waals surface area contributed by atoms with Crippen molar-refractivity contribution in [1.29, 1.82) is 0 Å². The molecule has 0 aliphatic rings. The smallest absolute Gasteiger partial charge is 0.330 e. The fourth-order valence-electron chi connectivity index (χ4n) is 7.17. The summed E-state index contributed by atoms with van der Waals surface area (Å²) in [4.78, 5) is 68.3. The van der Waals surface area contributed by atoms with E-state index in [1.54, 1.807) is 6.92 Å². The topological polar surface area (TPSA) is 143 Å². The normalized spacial score (nSPS) is 12.8. The molecule has 0 bridgehead atoms. The zero-order chi connectivity index (χ0) is 44.2. The second-order valence-electron chi connectivity index (χ2n) is 15.3. The van der Waals surface area contributed by atoms with E-state index in [2.05, 4.69) is 21.3 Å². The first-order valence-electron chi connectivity index (χ1n) is 21.0. The number of thioether (sulfide) groups is 1. The number of carbonyl (C=O) groups is 5. The van der Waals surface area contributed by atoms with E-state index in [0.717, 1.165) is 39.6 Å². The molecule has 0 saturated carbocycles. The number of benzene rings is 5. The summed E-state index contributed by atoms with van der Waals surface area (Å²) in [6.07, 6.45) is 3.31. The van der Waals surface area contributed by atoms with Crippen LogP contribution in [0.2, 0.25) is 0 Å². The molecule has 5 aromatic carbocycles. The van der Waals surface area contributed by atoms with Gasteiger partial charge in [-0.3, -0.25) is 19.2 Å². The molecule has 0 fully saturated rings. The Morgan fingerprint density at radius 3 is 1.61 bits per heavy atom. The predicted octanol–water partition coefficient (Wildman–Crippen LogP) is 8.26. The summed E-state index contributed by atoms with van der Waals surface area (Å²) < 4.78 is 5.14. The molecule has 0 unspecified atom stereocenters. The average molecular weight is 853 g/mol. The third kappa shape index (κ3) is 14.1. The van der Waals surface area contributed by atoms with Crippen LogP contribution in [-0.2, 0) is 41.6 Å². The summed E-state index contributed by atoms with van der Waals surface area (Å²) in [5, 5.41) is 11.8. The molecule has 4 amide bonds. The van der Waals surface area contributed by atoms with Crippen LogP contribution in [0.15, 0.2) is 164 Å². The van der Waals surface area contributed by atoms with Crippen molar-refractivity contribution in [3.05, 3.63) is 192 Å². The summed E-state index contributed by atoms with van der Waals surface area (Å²) in [5.74, 6) is -1.43. The van der Waals surface area contributed by atoms with Crippen LogP contribution in [0.5, 0.6) is 0 Å². The third-order valence-electron chi connectivity index (χ3n) is 10.2. The monoisotopic (exact) mass is 852 g/mol. The lowest BCUT2D eigenvalue weighted by atomic mass is 9.77. The highest BCUT2D eigenvalue weighted by molar-refractivity contribution is 8.12. The number of hydrogen-bond donors (Lipinski definition) is 4. The summed E-state index contributed by atoms with van der Waals surface area (Å²) in [6, 6.07) is 45.3. The number of rotatable bonds is 21. The largest absolute Gasteiger partial charge is 0.463 e. The first-order chi connectivity index (χ1) is 30.1. The SMILES string of the molecule is CCOC(=O)/C=C/[C@H](CCC(=O)NC(c1ccccc1)(c1ccccc1)c1ccccc1)NC(=O)[C@H](Cc1ccccc1)NC(=O)[C@H](CC(C)C)NC(=O)SCc1ccccc1. The molecule has 0 aromatic heterocycles. The van der Waals surface area contributed by atoms with Gasteiger partial charge in [0.25, 0.3) is 5.24 Å². The van der Waals surface area contributed by atoms with Crippen molar-refractivity contribution >= 4 is 40.7 Å². The van der Waals surface area contributed by atoms with E-state index in [1.165, 1.54) is 12.2 Å². The highest BCUT2D eigenvalue weighted by Gasteiger charge is 2.38. The quantitative estimate of drug-likeness (QED) is 0.0331. The second-order valence-corrected chi connectivity index (χ2v) is 16.2. The highest BCUT2D eigenvalue weighted by atomic mass is 32.2. The molecule has 322 valence electrons. The molecule has 11 heteroatoms. The van der Waals surface area contributed by atoms with Crippen LogP contribution in [0, 0.1) is 5.92 Å². The minimum atomic E-state index is -1.07. The number of carbonyl (C=O) groups excluding carboxylic acids is 5. The van der Waals surface area contributed by atoms with E-state index in [0.29, 0.717) is 12.2 Å². The van der Waals surface area contributed by atoms with E-state index < -0.39 is 41.4 Å². The Bertz CT molecular complexity index is 2110. The molecule has 0 saturated heterocycles. The van der Waals surface area contributed by atoms with Gasteiger partial charge in [-0.15, -0.1) is 0 Å². The third-order valence-corrected chi connectivity index (χ3v) is 11.0. The van der Waals surface area contributed by atoms with Gasteiger partial charge < -0.3 is 26.0 Å². The molecule has 62 heavy (non-hydrogen) atoms. The zero-order valence-corrected chi connectivity index (χ0v) is 36.3. The van der Waals surface area contributed by atoms with Crippen molar-refractivity contribution < 1.29 is 28.7 Å². The number of amides is 4. The van der Waals surface area contributed by atoms with Crippen LogP contribution in [0.25, 0.3) is 0 Å². The maximum atomic E-state index is 14.4. The summed E-state index contributed by atoms with van der Waals surface area (Å²) in [6.45, 7) is 5.77. The van der Waals surface area contributed by atoms with E-state index in [9.17, 15) is 24.0 Å². The molecule has 10 nitrogen and oxygen atoms in total. The molecule has 0 spiro atoms. The lowest BCUT2D eigenvalue weighted by Crippen LogP contribution is -2.55. The molecular formula is C51H56N4O6S. The van der Waals surface area contributed by atoms with Gasteiger partial charge in [0.2, 0.25) is 17.7 Å². The van der Waals surface area contributed by atoms with Crippen molar-refractivity contribution in [1.82, 2.24) is 21.3 Å². The number of nitrogens with one attached hydrogen (secondary N) is 4. The lowest BCUT2D eigenvalue weighted by Gasteiger charge is -2.37. The van der Waals surface area contributed by atoms with Crippen LogP contribution >= 0.6 is 11.8 Å². The minimum Gasteiger partial charge on any atom is -0.463 e. The van der Waals surface area contributed by atoms with Crippen LogP contribution in [-0.4, -0.2) is 53.7 Å². The maximum Gasteiger partial charge on any atom is 0.330 e. The van der Waals surface area contributed by atoms with Crippen molar-refractivity contribution in [2.45, 2.75) is 75.9 Å². The standard InChI is InChI=1S/C51H56N4O6S/c1-4-61-47(57)33-31-43(30-32-46(56)55-51(40-24-14-7-15-25-40,41-26-16-8-17-27-41)42-28-18-9-19-29-42)52-48(58)45(35-38-20-10-5-11-21-38)53-49(59)44(34-37(2)3)54-50(60)62-36-39-22-12-6-13-23-39/h5-29,31,33,37,43-45H,4,30,32,34-36H2,1-3H3,(H,52,58)(H,53,59)(H,54,60)(H,55,56)/b33-31+/t43-,44-,45-/m0/s1. The second kappa shape index (κ2) is 24.1. The van der Waals surface area contributed by atoms with Gasteiger partial charge in [0, 0.05) is 30.7 Å². The van der Waals surface area contributed by atoms with E-state index in [-0.39, 0.29) is 42.9 Å². The number of ether oxygens (including phenoxy) is 1. The summed E-state index contributed by atoms with van der Waals surface area (Å²) in [5.41, 5.74) is 3.31. The summed E-state index contributed by atoms with van der Waals surface area (Å²) >= 11 is 1.07. The van der Waals surface area contributed by atoms with Gasteiger partial charge in [0.05, 0.1) is 6.61 Å². The molecule has 5 rings (SSSR count). The minimum absolute atomic E-state index is 0.0365. The van der Waals surface area contributed by atoms with Crippen molar-refractivity contribution in [3.63, 3.8) is 0 Å². The molecule has 0 aliphatic carbocycles. The predicted molar refractivity (Wildman–Crippen MR) is 246 cm³/mol. The lowest BCUT2D eigenvalue weighted by molar-refractivity contribution is -0.137. The Morgan fingerprint density at radius 1 is 0.629 bits per heavy atom. The Hall–Kier alpha value is -6.46. The van der Waals surface area contributed by atoms with Crippen LogP contribution in [0.1, 0.15) is 67.9 Å². The van der Waals surface area contributed by atoms with Crippen molar-refractivity contribution in [2.75, 3.05) is 6.61 Å². The van der Waals surface area contributed by atoms with Gasteiger partial charge in [-0.25, -0.2) is 4.79 Å². The Labute approximate surface area is 369 Å².